The third-order valence-corrected chi connectivity index (χ3v) is 4.13. The van der Waals surface area contributed by atoms with E-state index in [0.29, 0.717) is 0 Å². The van der Waals surface area contributed by atoms with Gasteiger partial charge in [-0.25, -0.2) is 0 Å². The molecule has 0 aromatic carbocycles. The van der Waals surface area contributed by atoms with Gasteiger partial charge in [0, 0.05) is 10.9 Å². The van der Waals surface area contributed by atoms with Gasteiger partial charge in [0.2, 0.25) is 0 Å². The maximum Gasteiger partial charge on any atom is 0.0676 e. The van der Waals surface area contributed by atoms with Crippen LogP contribution in [-0.4, -0.2) is 10.2 Å². The third-order valence-electron chi connectivity index (χ3n) is 3.20. The van der Waals surface area contributed by atoms with Gasteiger partial charge in [0.15, 0.2) is 0 Å². The summed E-state index contributed by atoms with van der Waals surface area (Å²) in [6, 6.07) is 6.46. The summed E-state index contributed by atoms with van der Waals surface area (Å²) < 4.78 is 0. The minimum atomic E-state index is 0.131. The molecule has 102 valence electrons. The summed E-state index contributed by atoms with van der Waals surface area (Å²) in [7, 11) is 0. The van der Waals surface area contributed by atoms with E-state index in [1.54, 1.807) is 11.3 Å². The number of hydrogen-bond acceptors (Lipinski definition) is 5. The third kappa shape index (κ3) is 3.59. The molecule has 4 nitrogen and oxygen atoms in total. The van der Waals surface area contributed by atoms with Crippen LogP contribution in [0.5, 0.6) is 0 Å². The largest absolute Gasteiger partial charge is 0.271 e. The molecule has 0 spiro atoms. The number of nitrogens with zero attached hydrogens (tertiary/aromatic N) is 2. The molecule has 0 saturated carbocycles. The van der Waals surface area contributed by atoms with Gasteiger partial charge in [0.05, 0.1) is 11.4 Å². The van der Waals surface area contributed by atoms with Crippen molar-refractivity contribution in [3.8, 4) is 0 Å². The highest BCUT2D eigenvalue weighted by atomic mass is 32.1. The average Bonchev–Trinajstić information content (AvgIpc) is 2.93. The lowest BCUT2D eigenvalue weighted by Crippen LogP contribution is -2.29. The molecule has 2 rings (SSSR count). The zero-order valence-electron chi connectivity index (χ0n) is 11.4. The quantitative estimate of drug-likeness (QED) is 0.628. The molecule has 0 aliphatic rings. The van der Waals surface area contributed by atoms with Gasteiger partial charge < -0.3 is 0 Å². The van der Waals surface area contributed by atoms with E-state index in [0.717, 1.165) is 30.7 Å². The summed E-state index contributed by atoms with van der Waals surface area (Å²) in [6.07, 6.45) is 2.87. The van der Waals surface area contributed by atoms with E-state index in [-0.39, 0.29) is 6.04 Å². The Balaban J connectivity index is 2.14. The summed E-state index contributed by atoms with van der Waals surface area (Å²) in [4.78, 5) is 1.39. The van der Waals surface area contributed by atoms with Crippen LogP contribution in [0, 0.1) is 6.92 Å². The smallest absolute Gasteiger partial charge is 0.0676 e. The van der Waals surface area contributed by atoms with Crippen LogP contribution in [0.1, 0.15) is 41.2 Å². The monoisotopic (exact) mass is 276 g/mol. The van der Waals surface area contributed by atoms with E-state index < -0.39 is 0 Å². The van der Waals surface area contributed by atoms with Crippen molar-refractivity contribution >= 4 is 11.3 Å². The summed E-state index contributed by atoms with van der Waals surface area (Å²) in [5, 5.41) is 10.5. The van der Waals surface area contributed by atoms with Gasteiger partial charge in [-0.05, 0) is 49.3 Å². The lowest BCUT2D eigenvalue weighted by Gasteiger charge is -2.18. The molecule has 0 bridgehead atoms. The van der Waals surface area contributed by atoms with Crippen molar-refractivity contribution in [2.75, 3.05) is 0 Å². The highest BCUT2D eigenvalue weighted by molar-refractivity contribution is 7.09. The molecule has 3 N–H and O–H groups in total. The van der Waals surface area contributed by atoms with Crippen molar-refractivity contribution in [3.63, 3.8) is 0 Å². The Morgan fingerprint density at radius 2 is 2.26 bits per heavy atom. The minimum absolute atomic E-state index is 0.131. The second-order valence-corrected chi connectivity index (χ2v) is 5.61. The highest BCUT2D eigenvalue weighted by Gasteiger charge is 2.15. The molecular weight excluding hydrogens is 256 g/mol. The van der Waals surface area contributed by atoms with E-state index in [9.17, 15) is 0 Å². The van der Waals surface area contributed by atoms with Gasteiger partial charge in [0.1, 0.15) is 0 Å². The maximum absolute atomic E-state index is 5.72. The lowest BCUT2D eigenvalue weighted by molar-refractivity contribution is 0.509. The fourth-order valence-electron chi connectivity index (χ4n) is 2.18. The Labute approximate surface area is 118 Å². The van der Waals surface area contributed by atoms with Gasteiger partial charge in [0.25, 0.3) is 0 Å². The van der Waals surface area contributed by atoms with Crippen molar-refractivity contribution < 1.29 is 0 Å². The second-order valence-electron chi connectivity index (χ2n) is 4.58. The van der Waals surface area contributed by atoms with Crippen LogP contribution in [0.15, 0.2) is 23.6 Å². The van der Waals surface area contributed by atoms with E-state index in [4.69, 9.17) is 5.84 Å². The fourth-order valence-corrected chi connectivity index (χ4v) is 2.91. The summed E-state index contributed by atoms with van der Waals surface area (Å²) in [5.41, 5.74) is 6.06. The summed E-state index contributed by atoms with van der Waals surface area (Å²) >= 11 is 1.79. The normalized spacial score (nSPS) is 12.6. The first kappa shape index (κ1) is 14.1. The lowest BCUT2D eigenvalue weighted by atomic mass is 9.99. The number of rotatable bonds is 6. The van der Waals surface area contributed by atoms with E-state index in [1.807, 2.05) is 6.92 Å². The van der Waals surface area contributed by atoms with Gasteiger partial charge in [-0.3, -0.25) is 11.3 Å². The Morgan fingerprint density at radius 1 is 1.42 bits per heavy atom. The molecule has 2 aromatic rings. The van der Waals surface area contributed by atoms with Gasteiger partial charge in [-0.1, -0.05) is 13.0 Å². The topological polar surface area (TPSA) is 63.8 Å². The SMILES string of the molecule is CCc1nnc(C)cc1C(CCc1cccs1)NN. The maximum atomic E-state index is 5.72. The predicted molar refractivity (Wildman–Crippen MR) is 78.9 cm³/mol. The molecule has 19 heavy (non-hydrogen) atoms. The number of aryl methyl sites for hydroxylation is 3. The van der Waals surface area contributed by atoms with Crippen molar-refractivity contribution in [3.05, 3.63) is 45.4 Å². The first-order chi connectivity index (χ1) is 9.24. The van der Waals surface area contributed by atoms with Crippen molar-refractivity contribution in [2.24, 2.45) is 5.84 Å². The number of nitrogens with two attached hydrogens (primary N) is 1. The molecule has 2 heterocycles. The van der Waals surface area contributed by atoms with Crippen LogP contribution in [0.2, 0.25) is 0 Å². The van der Waals surface area contributed by atoms with Crippen LogP contribution < -0.4 is 11.3 Å². The predicted octanol–water partition coefficient (Wildman–Crippen LogP) is 2.55. The zero-order valence-corrected chi connectivity index (χ0v) is 12.2. The van der Waals surface area contributed by atoms with E-state index in [2.05, 4.69) is 46.1 Å². The van der Waals surface area contributed by atoms with Crippen LogP contribution in [-0.2, 0) is 12.8 Å². The first-order valence-electron chi connectivity index (χ1n) is 6.56. The molecule has 0 aliphatic heterocycles. The van der Waals surface area contributed by atoms with Crippen LogP contribution in [0.4, 0.5) is 0 Å². The zero-order chi connectivity index (χ0) is 13.7. The number of hydrogen-bond donors (Lipinski definition) is 2. The standard InChI is InChI=1S/C14H20N4S/c1-3-13-12(9-10(2)17-18-13)14(16-15)7-6-11-5-4-8-19-11/h4-5,8-9,14,16H,3,6-7,15H2,1-2H3. The molecule has 1 unspecified atom stereocenters. The van der Waals surface area contributed by atoms with Gasteiger partial charge >= 0.3 is 0 Å². The van der Waals surface area contributed by atoms with Crippen LogP contribution in [0.25, 0.3) is 0 Å². The Bertz CT molecular complexity index is 510. The van der Waals surface area contributed by atoms with Crippen molar-refractivity contribution in [1.29, 1.82) is 0 Å². The van der Waals surface area contributed by atoms with E-state index in [1.165, 1.54) is 10.4 Å². The number of thiophene rings is 1. The van der Waals surface area contributed by atoms with Crippen molar-refractivity contribution in [2.45, 2.75) is 39.2 Å². The number of hydrazine groups is 1. The van der Waals surface area contributed by atoms with Gasteiger partial charge in [-0.2, -0.15) is 10.2 Å². The van der Waals surface area contributed by atoms with E-state index >= 15 is 0 Å². The van der Waals surface area contributed by atoms with Crippen LogP contribution in [0.3, 0.4) is 0 Å². The molecular formula is C14H20N4S. The molecule has 0 fully saturated rings. The molecule has 5 heteroatoms. The number of aromatic nitrogens is 2. The molecule has 0 radical (unpaired) electrons. The average molecular weight is 276 g/mol. The second kappa shape index (κ2) is 6.75. The Hall–Kier alpha value is -1.30. The molecule has 0 saturated heterocycles. The fraction of sp³-hybridized carbons (Fsp3) is 0.429. The molecule has 1 atom stereocenters. The molecule has 0 aliphatic carbocycles. The Kier molecular flexibility index (Phi) is 5.01. The molecule has 2 aromatic heterocycles. The summed E-state index contributed by atoms with van der Waals surface area (Å²) in [5.74, 6) is 5.72. The summed E-state index contributed by atoms with van der Waals surface area (Å²) in [6.45, 7) is 4.05. The number of nitrogens with one attached hydrogen (secondary N) is 1. The first-order valence-corrected chi connectivity index (χ1v) is 7.44. The molecule has 0 amide bonds. The van der Waals surface area contributed by atoms with Crippen molar-refractivity contribution in [1.82, 2.24) is 15.6 Å². The van der Waals surface area contributed by atoms with Crippen LogP contribution >= 0.6 is 11.3 Å². The Morgan fingerprint density at radius 3 is 2.89 bits per heavy atom. The van der Waals surface area contributed by atoms with Gasteiger partial charge in [-0.15, -0.1) is 11.3 Å². The highest BCUT2D eigenvalue weighted by Crippen LogP contribution is 2.23. The minimum Gasteiger partial charge on any atom is -0.271 e.